The van der Waals surface area contributed by atoms with E-state index in [1.165, 1.54) is 30.3 Å². The molecule has 0 saturated heterocycles. The van der Waals surface area contributed by atoms with Gasteiger partial charge in [0.15, 0.2) is 5.69 Å². The van der Waals surface area contributed by atoms with E-state index >= 15 is 0 Å². The van der Waals surface area contributed by atoms with Gasteiger partial charge in [0.25, 0.3) is 11.8 Å². The van der Waals surface area contributed by atoms with Crippen LogP contribution in [-0.4, -0.2) is 27.7 Å². The fourth-order valence-electron chi connectivity index (χ4n) is 2.46. The third-order valence-corrected chi connectivity index (χ3v) is 4.04. The quantitative estimate of drug-likeness (QED) is 0.491. The molecule has 2 amide bonds. The summed E-state index contributed by atoms with van der Waals surface area (Å²) >= 11 is 5.81. The number of halogens is 1. The normalized spacial score (nSPS) is 16.8. The van der Waals surface area contributed by atoms with Gasteiger partial charge in [0.05, 0.1) is 11.3 Å². The third-order valence-electron chi connectivity index (χ3n) is 3.79. The van der Waals surface area contributed by atoms with Gasteiger partial charge in [0.2, 0.25) is 0 Å². The van der Waals surface area contributed by atoms with Crippen LogP contribution in [0.4, 0.5) is 5.69 Å². The van der Waals surface area contributed by atoms with E-state index in [1.54, 1.807) is 31.2 Å². The predicted octanol–water partition coefficient (Wildman–Crippen LogP) is 2.19. The minimum Gasteiger partial charge on any atom is -0.595 e. The minimum absolute atomic E-state index is 0.105. The molecule has 7 nitrogen and oxygen atoms in total. The molecule has 1 unspecified atom stereocenters. The zero-order chi connectivity index (χ0) is 18.8. The van der Waals surface area contributed by atoms with Crippen molar-refractivity contribution in [1.82, 2.24) is 5.01 Å². The molecule has 2 N–H and O–H groups in total. The van der Waals surface area contributed by atoms with E-state index in [1.807, 2.05) is 0 Å². The number of hydrogen-bond acceptors (Lipinski definition) is 5. The van der Waals surface area contributed by atoms with Gasteiger partial charge in [-0.2, -0.15) is 15.3 Å². The number of imide groups is 1. The highest BCUT2D eigenvalue weighted by atomic mass is 35.5. The van der Waals surface area contributed by atoms with E-state index in [0.717, 1.165) is 5.01 Å². The number of benzene rings is 2. The topological polar surface area (TPSA) is 97.5 Å². The SMILES string of the molecule is CC1=NN(C(=O)c2ccc(Cl)cc2)C(=O)/C1=C\c1cccc([NH+]([O-])O)c1. The Morgan fingerprint density at radius 3 is 2.62 bits per heavy atom. The van der Waals surface area contributed by atoms with Gasteiger partial charge in [-0.3, -0.25) is 9.59 Å². The minimum atomic E-state index is -1.06. The lowest BCUT2D eigenvalue weighted by Crippen LogP contribution is -2.99. The predicted molar refractivity (Wildman–Crippen MR) is 95.9 cm³/mol. The van der Waals surface area contributed by atoms with Crippen molar-refractivity contribution < 1.29 is 20.0 Å². The summed E-state index contributed by atoms with van der Waals surface area (Å²) in [5.41, 5.74) is 1.53. The van der Waals surface area contributed by atoms with E-state index < -0.39 is 17.0 Å². The Morgan fingerprint density at radius 2 is 1.96 bits per heavy atom. The highest BCUT2D eigenvalue weighted by Gasteiger charge is 2.32. The van der Waals surface area contributed by atoms with Crippen LogP contribution in [0, 0.1) is 5.21 Å². The molecule has 0 aliphatic carbocycles. The fraction of sp³-hybridized carbons (Fsp3) is 0.0556. The molecule has 132 valence electrons. The van der Waals surface area contributed by atoms with Crippen molar-refractivity contribution in [3.63, 3.8) is 0 Å². The molecule has 0 aromatic heterocycles. The van der Waals surface area contributed by atoms with Crippen LogP contribution in [-0.2, 0) is 4.79 Å². The van der Waals surface area contributed by atoms with Gasteiger partial charge in [-0.1, -0.05) is 23.7 Å². The molecule has 8 heteroatoms. The molecule has 2 aromatic carbocycles. The van der Waals surface area contributed by atoms with Crippen LogP contribution in [0.1, 0.15) is 22.8 Å². The van der Waals surface area contributed by atoms with Gasteiger partial charge >= 0.3 is 0 Å². The first kappa shape index (κ1) is 18.0. The molecule has 1 aliphatic rings. The summed E-state index contributed by atoms with van der Waals surface area (Å²) in [6.45, 7) is 1.61. The maximum atomic E-state index is 12.6. The van der Waals surface area contributed by atoms with Gasteiger partial charge in [-0.15, -0.1) is 0 Å². The molecule has 1 heterocycles. The van der Waals surface area contributed by atoms with Crippen LogP contribution >= 0.6 is 11.6 Å². The number of hydrogen-bond donors (Lipinski definition) is 2. The first-order chi connectivity index (χ1) is 12.4. The summed E-state index contributed by atoms with van der Waals surface area (Å²) in [7, 11) is 0. The molecule has 3 rings (SSSR count). The summed E-state index contributed by atoms with van der Waals surface area (Å²) in [5.74, 6) is -1.13. The molecule has 26 heavy (non-hydrogen) atoms. The van der Waals surface area contributed by atoms with Crippen LogP contribution in [0.3, 0.4) is 0 Å². The lowest BCUT2D eigenvalue weighted by molar-refractivity contribution is -0.991. The average Bonchev–Trinajstić information content (AvgIpc) is 2.90. The van der Waals surface area contributed by atoms with E-state index in [0.29, 0.717) is 16.3 Å². The monoisotopic (exact) mass is 371 g/mol. The Hall–Kier alpha value is -2.84. The molecule has 0 bridgehead atoms. The van der Waals surface area contributed by atoms with Crippen LogP contribution in [0.25, 0.3) is 6.08 Å². The van der Waals surface area contributed by atoms with Crippen molar-refractivity contribution in [2.24, 2.45) is 5.10 Å². The average molecular weight is 372 g/mol. The third kappa shape index (κ3) is 3.56. The van der Waals surface area contributed by atoms with Crippen molar-refractivity contribution in [3.8, 4) is 0 Å². The Bertz CT molecular complexity index is 936. The molecule has 0 spiro atoms. The van der Waals surface area contributed by atoms with Gasteiger partial charge in [0.1, 0.15) is 0 Å². The van der Waals surface area contributed by atoms with Crippen molar-refractivity contribution in [1.29, 1.82) is 0 Å². The van der Waals surface area contributed by atoms with Crippen molar-refractivity contribution in [3.05, 3.63) is 75.5 Å². The number of nitrogens with one attached hydrogen (secondary N) is 1. The first-order valence-corrected chi connectivity index (χ1v) is 7.99. The van der Waals surface area contributed by atoms with E-state index in [-0.39, 0.29) is 16.8 Å². The number of nitrogens with zero attached hydrogens (tertiary/aromatic N) is 2. The molecule has 0 radical (unpaired) electrons. The van der Waals surface area contributed by atoms with Gasteiger partial charge in [0, 0.05) is 22.7 Å². The number of carbonyl (C=O) groups is 2. The number of rotatable bonds is 3. The highest BCUT2D eigenvalue weighted by Crippen LogP contribution is 2.22. The smallest absolute Gasteiger partial charge is 0.283 e. The van der Waals surface area contributed by atoms with Crippen LogP contribution in [0.2, 0.25) is 5.02 Å². The molecule has 0 fully saturated rings. The van der Waals surface area contributed by atoms with Gasteiger partial charge in [-0.05, 0) is 42.8 Å². The Morgan fingerprint density at radius 1 is 1.27 bits per heavy atom. The standard InChI is InChI=1S/C18H14ClN3O4/c1-11-16(10-12-3-2-4-15(9-12)22(25)26)18(24)21(20-11)17(23)13-5-7-14(19)8-6-13/h2-10,22,25H,1H3/b16-10-. The van der Waals surface area contributed by atoms with E-state index in [4.69, 9.17) is 16.8 Å². The van der Waals surface area contributed by atoms with Gasteiger partial charge < -0.3 is 5.21 Å². The number of amides is 2. The summed E-state index contributed by atoms with van der Waals surface area (Å²) < 4.78 is 0. The Labute approximate surface area is 153 Å². The fourth-order valence-corrected chi connectivity index (χ4v) is 2.59. The maximum absolute atomic E-state index is 12.6. The summed E-state index contributed by atoms with van der Waals surface area (Å²) in [6.07, 6.45) is 1.52. The lowest BCUT2D eigenvalue weighted by Gasteiger charge is -2.11. The summed E-state index contributed by atoms with van der Waals surface area (Å²) in [5, 5.41) is 24.4. The van der Waals surface area contributed by atoms with Crippen molar-refractivity contribution >= 4 is 40.9 Å². The second kappa shape index (κ2) is 7.19. The summed E-state index contributed by atoms with van der Waals surface area (Å²) in [6, 6.07) is 12.3. The zero-order valence-corrected chi connectivity index (χ0v) is 14.4. The van der Waals surface area contributed by atoms with Crippen LogP contribution in [0.15, 0.2) is 59.2 Å². The molecular formula is C18H14ClN3O4. The molecule has 0 saturated carbocycles. The van der Waals surface area contributed by atoms with Crippen molar-refractivity contribution in [2.45, 2.75) is 6.92 Å². The first-order valence-electron chi connectivity index (χ1n) is 7.62. The van der Waals surface area contributed by atoms with Gasteiger partial charge in [-0.25, -0.2) is 5.21 Å². The van der Waals surface area contributed by atoms with Crippen LogP contribution in [0.5, 0.6) is 0 Å². The lowest BCUT2D eigenvalue weighted by atomic mass is 10.1. The number of hydrazone groups is 1. The molecule has 1 aliphatic heterocycles. The van der Waals surface area contributed by atoms with E-state index in [2.05, 4.69) is 5.10 Å². The molecule has 1 atom stereocenters. The van der Waals surface area contributed by atoms with Crippen molar-refractivity contribution in [2.75, 3.05) is 0 Å². The zero-order valence-electron chi connectivity index (χ0n) is 13.6. The second-order valence-electron chi connectivity index (χ2n) is 5.60. The molecular weight excluding hydrogens is 358 g/mol. The van der Waals surface area contributed by atoms with E-state index in [9.17, 15) is 14.8 Å². The van der Waals surface area contributed by atoms with Crippen LogP contribution < -0.4 is 5.23 Å². The second-order valence-corrected chi connectivity index (χ2v) is 6.04. The Balaban J connectivity index is 1.89. The number of quaternary nitrogens is 1. The molecule has 2 aromatic rings. The Kier molecular flexibility index (Phi) is 4.97. The largest absolute Gasteiger partial charge is 0.595 e. The maximum Gasteiger partial charge on any atom is 0.283 e. The summed E-state index contributed by atoms with van der Waals surface area (Å²) in [4.78, 5) is 25.1. The number of carbonyl (C=O) groups excluding carboxylic acids is 2. The highest BCUT2D eigenvalue weighted by molar-refractivity contribution is 6.31.